The molecular weight excluding hydrogens is 272 g/mol. The summed E-state index contributed by atoms with van der Waals surface area (Å²) in [6.07, 6.45) is 4.34. The normalized spacial score (nSPS) is 20.2. The molecule has 1 unspecified atom stereocenters. The molecule has 0 bridgehead atoms. The lowest BCUT2D eigenvalue weighted by molar-refractivity contribution is -0.126. The first-order valence-electron chi connectivity index (χ1n) is 6.42. The predicted molar refractivity (Wildman–Crippen MR) is 79.7 cm³/mol. The van der Waals surface area contributed by atoms with E-state index in [1.54, 1.807) is 0 Å². The van der Waals surface area contributed by atoms with E-state index in [1.165, 1.54) is 0 Å². The van der Waals surface area contributed by atoms with E-state index < -0.39 is 10.8 Å². The van der Waals surface area contributed by atoms with Gasteiger partial charge in [0.05, 0.1) is 0 Å². The van der Waals surface area contributed by atoms with E-state index in [0.717, 1.165) is 11.1 Å². The lowest BCUT2D eigenvalue weighted by Crippen LogP contribution is -2.40. The fraction of sp³-hybridized carbons (Fsp3) is 0.118. The zero-order valence-electron chi connectivity index (χ0n) is 10.8. The molecule has 0 saturated carbocycles. The van der Waals surface area contributed by atoms with Crippen LogP contribution in [0.1, 0.15) is 17.5 Å². The van der Waals surface area contributed by atoms with Crippen molar-refractivity contribution >= 4 is 22.9 Å². The van der Waals surface area contributed by atoms with Crippen molar-refractivity contribution in [3.05, 3.63) is 71.8 Å². The van der Waals surface area contributed by atoms with Crippen LogP contribution in [0.15, 0.2) is 60.7 Å². The number of rotatable bonds is 3. The Hall–Kier alpha value is -2.06. The summed E-state index contributed by atoms with van der Waals surface area (Å²) in [6, 6.07) is 16.9. The highest BCUT2D eigenvalue weighted by Gasteiger charge is 2.43. The molecule has 0 N–H and O–H groups in total. The summed E-state index contributed by atoms with van der Waals surface area (Å²) >= 11 is 5.89. The van der Waals surface area contributed by atoms with E-state index in [4.69, 9.17) is 16.3 Å². The Morgan fingerprint density at radius 3 is 2.50 bits per heavy atom. The lowest BCUT2D eigenvalue weighted by Gasteiger charge is -2.33. The number of hydrogen-bond donors (Lipinski definition) is 0. The molecule has 100 valence electrons. The van der Waals surface area contributed by atoms with Gasteiger partial charge in [0, 0.05) is 12.0 Å². The zero-order chi connectivity index (χ0) is 14.0. The van der Waals surface area contributed by atoms with E-state index in [2.05, 4.69) is 0 Å². The maximum Gasteiger partial charge on any atom is 0.270 e. The average Bonchev–Trinajstić information content (AvgIpc) is 2.48. The second-order valence-electron chi connectivity index (χ2n) is 4.71. The summed E-state index contributed by atoms with van der Waals surface area (Å²) in [5.41, 5.74) is 0.629. The maximum atomic E-state index is 12.1. The van der Waals surface area contributed by atoms with Crippen molar-refractivity contribution in [3.8, 4) is 5.75 Å². The molecular formula is C17H13ClO2. The lowest BCUT2D eigenvalue weighted by atomic mass is 9.83. The zero-order valence-corrected chi connectivity index (χ0v) is 11.5. The molecule has 0 aliphatic heterocycles. The van der Waals surface area contributed by atoms with E-state index in [-0.39, 0.29) is 0 Å². The van der Waals surface area contributed by atoms with Crippen LogP contribution in [-0.2, 0) is 10.4 Å². The van der Waals surface area contributed by atoms with Gasteiger partial charge in [-0.15, -0.1) is 0 Å². The molecule has 1 atom stereocenters. The minimum atomic E-state index is -1.14. The van der Waals surface area contributed by atoms with Gasteiger partial charge < -0.3 is 4.74 Å². The summed E-state index contributed by atoms with van der Waals surface area (Å²) in [6.45, 7) is 0. The van der Waals surface area contributed by atoms with Crippen LogP contribution in [0.4, 0.5) is 0 Å². The molecule has 3 heteroatoms. The van der Waals surface area contributed by atoms with Crippen molar-refractivity contribution in [1.29, 1.82) is 0 Å². The van der Waals surface area contributed by atoms with Gasteiger partial charge in [-0.2, -0.15) is 0 Å². The van der Waals surface area contributed by atoms with Crippen LogP contribution >= 0.6 is 11.6 Å². The van der Waals surface area contributed by atoms with E-state index in [0.29, 0.717) is 12.2 Å². The summed E-state index contributed by atoms with van der Waals surface area (Å²) in [7, 11) is 0. The molecule has 0 aromatic heterocycles. The Balaban J connectivity index is 2.10. The highest BCUT2D eigenvalue weighted by Crippen LogP contribution is 2.39. The molecule has 0 heterocycles. The van der Waals surface area contributed by atoms with Crippen LogP contribution in [0, 0.1) is 0 Å². The molecule has 1 aliphatic carbocycles. The van der Waals surface area contributed by atoms with Gasteiger partial charge in [-0.25, -0.2) is 0 Å². The second kappa shape index (κ2) is 5.14. The van der Waals surface area contributed by atoms with Crippen molar-refractivity contribution in [2.75, 3.05) is 0 Å². The Bertz CT molecular complexity index is 664. The first-order valence-corrected chi connectivity index (χ1v) is 6.80. The van der Waals surface area contributed by atoms with Crippen LogP contribution < -0.4 is 4.74 Å². The molecule has 0 saturated heterocycles. The van der Waals surface area contributed by atoms with Gasteiger partial charge in [0.1, 0.15) is 5.75 Å². The Morgan fingerprint density at radius 2 is 1.75 bits per heavy atom. The minimum Gasteiger partial charge on any atom is -0.473 e. The molecule has 2 nitrogen and oxygen atoms in total. The molecule has 20 heavy (non-hydrogen) atoms. The van der Waals surface area contributed by atoms with Crippen LogP contribution in [0.5, 0.6) is 5.75 Å². The Kier molecular flexibility index (Phi) is 3.33. The maximum absolute atomic E-state index is 12.1. The van der Waals surface area contributed by atoms with Crippen molar-refractivity contribution < 1.29 is 9.53 Å². The number of ether oxygens (including phenoxy) is 1. The molecule has 3 rings (SSSR count). The standard InChI is InChI=1S/C17H13ClO2/c18-16(19)17(20-14-9-2-1-3-10-14)12-6-8-13-7-4-5-11-15(13)17/h1-11H,12H2. The first-order chi connectivity index (χ1) is 9.72. The smallest absolute Gasteiger partial charge is 0.270 e. The highest BCUT2D eigenvalue weighted by molar-refractivity contribution is 6.65. The van der Waals surface area contributed by atoms with Gasteiger partial charge in [-0.3, -0.25) is 4.79 Å². The SMILES string of the molecule is O=C(Cl)C1(Oc2ccccc2)CC=Cc2ccccc21. The van der Waals surface area contributed by atoms with Crippen LogP contribution in [0.25, 0.3) is 6.08 Å². The van der Waals surface area contributed by atoms with Gasteiger partial charge in [0.2, 0.25) is 5.60 Å². The number of benzene rings is 2. The van der Waals surface area contributed by atoms with Crippen LogP contribution in [0.3, 0.4) is 0 Å². The van der Waals surface area contributed by atoms with Crippen molar-refractivity contribution in [2.45, 2.75) is 12.0 Å². The second-order valence-corrected chi connectivity index (χ2v) is 5.05. The Morgan fingerprint density at radius 1 is 1.05 bits per heavy atom. The van der Waals surface area contributed by atoms with E-state index >= 15 is 0 Å². The number of carbonyl (C=O) groups is 1. The van der Waals surface area contributed by atoms with Crippen LogP contribution in [-0.4, -0.2) is 5.24 Å². The van der Waals surface area contributed by atoms with E-state index in [9.17, 15) is 4.79 Å². The van der Waals surface area contributed by atoms with Gasteiger partial charge in [-0.1, -0.05) is 54.6 Å². The molecule has 0 radical (unpaired) electrons. The number of carbonyl (C=O) groups excluding carboxylic acids is 1. The fourth-order valence-electron chi connectivity index (χ4n) is 2.48. The summed E-state index contributed by atoms with van der Waals surface area (Å²) in [4.78, 5) is 12.1. The highest BCUT2D eigenvalue weighted by atomic mass is 35.5. The summed E-state index contributed by atoms with van der Waals surface area (Å²) in [5, 5.41) is -0.502. The molecule has 0 spiro atoms. The molecule has 0 fully saturated rings. The quantitative estimate of drug-likeness (QED) is 0.792. The summed E-state index contributed by atoms with van der Waals surface area (Å²) < 4.78 is 6.00. The number of halogens is 1. The predicted octanol–water partition coefficient (Wildman–Crippen LogP) is 4.14. The molecule has 2 aromatic carbocycles. The van der Waals surface area contributed by atoms with Crippen molar-refractivity contribution in [3.63, 3.8) is 0 Å². The number of hydrogen-bond acceptors (Lipinski definition) is 2. The Labute approximate surface area is 122 Å². The third kappa shape index (κ3) is 2.12. The molecule has 1 aliphatic rings. The third-order valence-electron chi connectivity index (χ3n) is 3.45. The summed E-state index contributed by atoms with van der Waals surface area (Å²) in [5.74, 6) is 0.631. The van der Waals surface area contributed by atoms with Gasteiger partial charge in [0.15, 0.2) is 0 Å². The van der Waals surface area contributed by atoms with Gasteiger partial charge >= 0.3 is 0 Å². The monoisotopic (exact) mass is 284 g/mol. The average molecular weight is 285 g/mol. The first kappa shape index (κ1) is 12.9. The van der Waals surface area contributed by atoms with Crippen molar-refractivity contribution in [2.24, 2.45) is 0 Å². The van der Waals surface area contributed by atoms with Crippen LogP contribution in [0.2, 0.25) is 0 Å². The fourth-order valence-corrected chi connectivity index (χ4v) is 2.70. The number of para-hydroxylation sites is 1. The number of fused-ring (bicyclic) bond motifs is 1. The molecule has 0 amide bonds. The van der Waals surface area contributed by atoms with Crippen molar-refractivity contribution in [1.82, 2.24) is 0 Å². The largest absolute Gasteiger partial charge is 0.473 e. The third-order valence-corrected chi connectivity index (χ3v) is 3.76. The van der Waals surface area contributed by atoms with Gasteiger partial charge in [0.25, 0.3) is 5.24 Å². The van der Waals surface area contributed by atoms with Gasteiger partial charge in [-0.05, 0) is 29.3 Å². The minimum absolute atomic E-state index is 0.432. The topological polar surface area (TPSA) is 26.3 Å². The van der Waals surface area contributed by atoms with E-state index in [1.807, 2.05) is 66.7 Å². The molecule has 2 aromatic rings.